The maximum absolute atomic E-state index is 13.6. The lowest BCUT2D eigenvalue weighted by Crippen LogP contribution is -2.17. The molecule has 0 saturated carbocycles. The minimum absolute atomic E-state index is 0.0943. The van der Waals surface area contributed by atoms with Crippen LogP contribution in [0.2, 0.25) is 5.02 Å². The monoisotopic (exact) mass is 452 g/mol. The Morgan fingerprint density at radius 1 is 1.32 bits per heavy atom. The Morgan fingerprint density at radius 3 is 2.48 bits per heavy atom. The Balaban J connectivity index is 2.62. The lowest BCUT2D eigenvalue weighted by Gasteiger charge is -2.16. The Morgan fingerprint density at radius 2 is 1.96 bits per heavy atom. The quantitative estimate of drug-likeness (QED) is 0.519. The summed E-state index contributed by atoms with van der Waals surface area (Å²) in [5.74, 6) is 0.658. The van der Waals surface area contributed by atoms with Gasteiger partial charge in [-0.1, -0.05) is 23.7 Å². The molecule has 0 unspecified atom stereocenters. The van der Waals surface area contributed by atoms with Gasteiger partial charge in [0.2, 0.25) is 0 Å². The summed E-state index contributed by atoms with van der Waals surface area (Å²) in [7, 11) is 0. The summed E-state index contributed by atoms with van der Waals surface area (Å²) in [5, 5.41) is 9.85. The SMILES string of the molecule is CSCCOCn1c(-c2ccc(Cl)cc2)c(C#N)c(Br)c1C(F)(F)F. The minimum Gasteiger partial charge on any atom is -0.360 e. The molecule has 0 aliphatic rings. The van der Waals surface area contributed by atoms with E-state index in [1.54, 1.807) is 24.3 Å². The van der Waals surface area contributed by atoms with Crippen LogP contribution in [0.3, 0.4) is 0 Å². The molecule has 0 aliphatic carbocycles. The first kappa shape index (κ1) is 20.2. The largest absolute Gasteiger partial charge is 0.432 e. The molecule has 0 amide bonds. The molecule has 134 valence electrons. The van der Waals surface area contributed by atoms with Crippen LogP contribution in [0.15, 0.2) is 28.7 Å². The van der Waals surface area contributed by atoms with Crippen molar-refractivity contribution in [2.24, 2.45) is 0 Å². The highest BCUT2D eigenvalue weighted by atomic mass is 79.9. The predicted octanol–water partition coefficient (Wildman–Crippen LogP) is 5.80. The van der Waals surface area contributed by atoms with Crippen molar-refractivity contribution < 1.29 is 17.9 Å². The molecule has 1 aromatic carbocycles. The molecule has 0 spiro atoms. The molecule has 0 aliphatic heterocycles. The Bertz CT molecular complexity index is 785. The lowest BCUT2D eigenvalue weighted by atomic mass is 10.1. The average Bonchev–Trinajstić information content (AvgIpc) is 2.84. The number of halogens is 5. The van der Waals surface area contributed by atoms with Crippen LogP contribution in [0.4, 0.5) is 13.2 Å². The van der Waals surface area contributed by atoms with E-state index in [0.29, 0.717) is 22.9 Å². The Kier molecular flexibility index (Phi) is 6.86. The van der Waals surface area contributed by atoms with E-state index in [1.807, 2.05) is 12.3 Å². The summed E-state index contributed by atoms with van der Waals surface area (Å²) in [4.78, 5) is 0. The first-order valence-electron chi connectivity index (χ1n) is 7.03. The maximum atomic E-state index is 13.6. The van der Waals surface area contributed by atoms with Crippen molar-refractivity contribution in [2.45, 2.75) is 12.9 Å². The van der Waals surface area contributed by atoms with Gasteiger partial charge in [-0.05, 0) is 39.9 Å². The van der Waals surface area contributed by atoms with Gasteiger partial charge in [-0.2, -0.15) is 30.2 Å². The van der Waals surface area contributed by atoms with Gasteiger partial charge in [-0.15, -0.1) is 0 Å². The van der Waals surface area contributed by atoms with E-state index >= 15 is 0 Å². The van der Waals surface area contributed by atoms with Crippen LogP contribution in [0, 0.1) is 11.3 Å². The number of hydrogen-bond donors (Lipinski definition) is 0. The van der Waals surface area contributed by atoms with E-state index in [2.05, 4.69) is 15.9 Å². The van der Waals surface area contributed by atoms with Crippen LogP contribution in [0.25, 0.3) is 11.3 Å². The molecule has 0 N–H and O–H groups in total. The number of nitriles is 1. The van der Waals surface area contributed by atoms with Gasteiger partial charge in [0.25, 0.3) is 0 Å². The van der Waals surface area contributed by atoms with Crippen molar-refractivity contribution in [1.82, 2.24) is 4.57 Å². The number of alkyl halides is 3. The topological polar surface area (TPSA) is 38.0 Å². The molecule has 2 aromatic rings. The number of hydrogen-bond acceptors (Lipinski definition) is 3. The van der Waals surface area contributed by atoms with Crippen molar-refractivity contribution in [3.63, 3.8) is 0 Å². The summed E-state index contributed by atoms with van der Waals surface area (Å²) >= 11 is 10.3. The molecule has 2 rings (SSSR count). The fourth-order valence-electron chi connectivity index (χ4n) is 2.30. The van der Waals surface area contributed by atoms with E-state index in [9.17, 15) is 18.4 Å². The number of ether oxygens (including phenoxy) is 1. The van der Waals surface area contributed by atoms with Gasteiger partial charge in [0, 0.05) is 10.8 Å². The highest BCUT2D eigenvalue weighted by molar-refractivity contribution is 9.10. The van der Waals surface area contributed by atoms with Crippen LogP contribution in [-0.4, -0.2) is 23.2 Å². The fraction of sp³-hybridized carbons (Fsp3) is 0.312. The number of aromatic nitrogens is 1. The highest BCUT2D eigenvalue weighted by Gasteiger charge is 2.40. The van der Waals surface area contributed by atoms with E-state index in [1.165, 1.54) is 11.8 Å². The van der Waals surface area contributed by atoms with E-state index < -0.39 is 11.9 Å². The molecular formula is C16H13BrClF3N2OS. The molecule has 1 heterocycles. The summed E-state index contributed by atoms with van der Waals surface area (Å²) < 4.78 is 46.7. The molecule has 0 fully saturated rings. The number of rotatable bonds is 6. The van der Waals surface area contributed by atoms with E-state index in [4.69, 9.17) is 16.3 Å². The molecule has 1 aromatic heterocycles. The van der Waals surface area contributed by atoms with Gasteiger partial charge >= 0.3 is 6.18 Å². The minimum atomic E-state index is -4.64. The molecule has 0 saturated heterocycles. The average molecular weight is 454 g/mol. The molecular weight excluding hydrogens is 441 g/mol. The third-order valence-corrected chi connectivity index (χ3v) is 4.95. The number of thioether (sulfide) groups is 1. The summed E-state index contributed by atoms with van der Waals surface area (Å²) in [6, 6.07) is 8.12. The zero-order valence-corrected chi connectivity index (χ0v) is 16.2. The van der Waals surface area contributed by atoms with Crippen LogP contribution >= 0.6 is 39.3 Å². The standard InChI is InChI=1S/C16H13BrClF3N2OS/c1-25-7-6-24-9-23-14(10-2-4-11(18)5-3-10)12(8-22)13(17)15(23)16(19,20)21/h2-5H,6-7,9H2,1H3. The molecule has 9 heteroatoms. The lowest BCUT2D eigenvalue weighted by molar-refractivity contribution is -0.146. The third-order valence-electron chi connectivity index (χ3n) is 3.35. The van der Waals surface area contributed by atoms with Gasteiger partial charge in [-0.25, -0.2) is 0 Å². The van der Waals surface area contributed by atoms with Crippen molar-refractivity contribution in [3.05, 3.63) is 45.0 Å². The van der Waals surface area contributed by atoms with Crippen molar-refractivity contribution in [2.75, 3.05) is 18.6 Å². The summed E-state index contributed by atoms with van der Waals surface area (Å²) in [5.41, 5.74) is -0.450. The zero-order chi connectivity index (χ0) is 18.6. The normalized spacial score (nSPS) is 11.6. The van der Waals surface area contributed by atoms with Crippen molar-refractivity contribution in [1.29, 1.82) is 5.26 Å². The zero-order valence-electron chi connectivity index (χ0n) is 13.0. The fourth-order valence-corrected chi connectivity index (χ4v) is 3.43. The van der Waals surface area contributed by atoms with Crippen LogP contribution in [0.1, 0.15) is 11.3 Å². The van der Waals surface area contributed by atoms with Crippen LogP contribution in [0.5, 0.6) is 0 Å². The first-order valence-corrected chi connectivity index (χ1v) is 9.59. The van der Waals surface area contributed by atoms with E-state index in [0.717, 1.165) is 4.57 Å². The molecule has 3 nitrogen and oxygen atoms in total. The van der Waals surface area contributed by atoms with Crippen molar-refractivity contribution >= 4 is 39.3 Å². The Labute approximate surface area is 160 Å². The number of benzene rings is 1. The van der Waals surface area contributed by atoms with Gasteiger partial charge in [0.05, 0.1) is 22.3 Å². The molecule has 25 heavy (non-hydrogen) atoms. The van der Waals surface area contributed by atoms with Gasteiger partial charge in [0.1, 0.15) is 18.5 Å². The summed E-state index contributed by atoms with van der Waals surface area (Å²) in [6.45, 7) is -0.0101. The third kappa shape index (κ3) is 4.53. The number of nitrogens with zero attached hydrogens (tertiary/aromatic N) is 2. The highest BCUT2D eigenvalue weighted by Crippen LogP contribution is 2.43. The molecule has 0 bridgehead atoms. The second-order valence-electron chi connectivity index (χ2n) is 4.96. The maximum Gasteiger partial charge on any atom is 0.432 e. The van der Waals surface area contributed by atoms with Crippen LogP contribution in [-0.2, 0) is 17.6 Å². The van der Waals surface area contributed by atoms with Gasteiger partial charge in [0.15, 0.2) is 0 Å². The molecule has 0 atom stereocenters. The second kappa shape index (κ2) is 8.49. The van der Waals surface area contributed by atoms with Gasteiger partial charge < -0.3 is 9.30 Å². The van der Waals surface area contributed by atoms with Crippen LogP contribution < -0.4 is 0 Å². The Hall–Kier alpha value is -1.14. The van der Waals surface area contributed by atoms with Gasteiger partial charge in [-0.3, -0.25) is 0 Å². The van der Waals surface area contributed by atoms with Crippen molar-refractivity contribution in [3.8, 4) is 17.3 Å². The summed E-state index contributed by atoms with van der Waals surface area (Å²) in [6.07, 6.45) is -2.76. The molecule has 0 radical (unpaired) electrons. The second-order valence-corrected chi connectivity index (χ2v) is 7.18. The van der Waals surface area contributed by atoms with E-state index in [-0.39, 0.29) is 22.5 Å². The first-order chi connectivity index (χ1) is 11.8. The smallest absolute Gasteiger partial charge is 0.360 e. The predicted molar refractivity (Wildman–Crippen MR) is 96.6 cm³/mol.